The molecule has 0 aromatic heterocycles. The fraction of sp³-hybridized carbons (Fsp3) is 0.588. The van der Waals surface area contributed by atoms with Gasteiger partial charge in [0.1, 0.15) is 5.54 Å². The average Bonchev–Trinajstić information content (AvgIpc) is 2.94. The third-order valence-electron chi connectivity index (χ3n) is 4.22. The summed E-state index contributed by atoms with van der Waals surface area (Å²) in [5, 5.41) is 3.10. The Labute approximate surface area is 131 Å². The topological polar surface area (TPSA) is 38.3 Å². The fourth-order valence-electron chi connectivity index (χ4n) is 2.63. The lowest BCUT2D eigenvalue weighted by Crippen LogP contribution is -2.49. The molecular formula is C17H25NO2S. The zero-order valence-corrected chi connectivity index (χ0v) is 14.0. The summed E-state index contributed by atoms with van der Waals surface area (Å²) in [7, 11) is 1.82. The Bertz CT molecular complexity index is 504. The van der Waals surface area contributed by atoms with Crippen molar-refractivity contribution >= 4 is 17.7 Å². The molecule has 0 amide bonds. The summed E-state index contributed by atoms with van der Waals surface area (Å²) in [6, 6.07) is 6.78. The van der Waals surface area contributed by atoms with E-state index in [9.17, 15) is 4.79 Å². The van der Waals surface area contributed by atoms with Crippen molar-refractivity contribution in [3.05, 3.63) is 29.3 Å². The van der Waals surface area contributed by atoms with Crippen LogP contribution in [0.25, 0.3) is 0 Å². The van der Waals surface area contributed by atoms with Crippen LogP contribution in [0.5, 0.6) is 0 Å². The molecule has 0 radical (unpaired) electrons. The van der Waals surface area contributed by atoms with Gasteiger partial charge in [0, 0.05) is 10.6 Å². The molecular weight excluding hydrogens is 282 g/mol. The molecule has 1 aromatic rings. The van der Waals surface area contributed by atoms with Crippen LogP contribution in [0.15, 0.2) is 23.1 Å². The Balaban J connectivity index is 1.89. The summed E-state index contributed by atoms with van der Waals surface area (Å²) in [6.07, 6.45) is 4.47. The van der Waals surface area contributed by atoms with Crippen LogP contribution in [0.4, 0.5) is 0 Å². The van der Waals surface area contributed by atoms with Crippen LogP contribution in [-0.2, 0) is 22.4 Å². The maximum Gasteiger partial charge on any atom is 0.326 e. The minimum atomic E-state index is -0.597. The van der Waals surface area contributed by atoms with Gasteiger partial charge in [-0.2, -0.15) is 0 Å². The summed E-state index contributed by atoms with van der Waals surface area (Å²) in [6.45, 7) is 4.18. The van der Waals surface area contributed by atoms with Crippen molar-refractivity contribution < 1.29 is 9.53 Å². The van der Waals surface area contributed by atoms with E-state index in [0.717, 1.165) is 12.2 Å². The second kappa shape index (κ2) is 7.32. The van der Waals surface area contributed by atoms with E-state index in [0.29, 0.717) is 6.61 Å². The molecule has 3 nitrogen and oxygen atoms in total. The number of fused-ring (bicyclic) bond motifs is 1. The van der Waals surface area contributed by atoms with Crippen LogP contribution in [0.2, 0.25) is 0 Å². The first-order valence-corrected chi connectivity index (χ1v) is 8.68. The normalized spacial score (nSPS) is 16.3. The summed E-state index contributed by atoms with van der Waals surface area (Å²) in [4.78, 5) is 13.3. The molecule has 116 valence electrons. The van der Waals surface area contributed by atoms with Crippen LogP contribution in [0.3, 0.4) is 0 Å². The van der Waals surface area contributed by atoms with E-state index in [1.54, 1.807) is 0 Å². The number of hydrogen-bond acceptors (Lipinski definition) is 4. The lowest BCUT2D eigenvalue weighted by Gasteiger charge is -2.26. The molecule has 0 heterocycles. The van der Waals surface area contributed by atoms with Crippen LogP contribution >= 0.6 is 11.8 Å². The van der Waals surface area contributed by atoms with Gasteiger partial charge in [0.15, 0.2) is 0 Å². The highest BCUT2D eigenvalue weighted by molar-refractivity contribution is 7.99. The van der Waals surface area contributed by atoms with E-state index in [1.807, 2.05) is 32.7 Å². The number of benzene rings is 1. The van der Waals surface area contributed by atoms with Gasteiger partial charge in [0.2, 0.25) is 0 Å². The Morgan fingerprint density at radius 1 is 1.38 bits per heavy atom. The van der Waals surface area contributed by atoms with Gasteiger partial charge in [-0.15, -0.1) is 11.8 Å². The number of carbonyl (C=O) groups is 1. The summed E-state index contributed by atoms with van der Waals surface area (Å²) in [5.74, 6) is 0.733. The number of nitrogens with one attached hydrogen (secondary N) is 1. The summed E-state index contributed by atoms with van der Waals surface area (Å²) >= 11 is 1.82. The maximum absolute atomic E-state index is 12.0. The average molecular weight is 307 g/mol. The Kier molecular flexibility index (Phi) is 5.71. The van der Waals surface area contributed by atoms with Crippen molar-refractivity contribution in [3.63, 3.8) is 0 Å². The molecule has 0 saturated heterocycles. The maximum atomic E-state index is 12.0. The number of esters is 1. The molecule has 21 heavy (non-hydrogen) atoms. The Morgan fingerprint density at radius 2 is 2.14 bits per heavy atom. The number of aryl methyl sites for hydroxylation is 2. The highest BCUT2D eigenvalue weighted by Gasteiger charge is 2.32. The largest absolute Gasteiger partial charge is 0.465 e. The van der Waals surface area contributed by atoms with Crippen molar-refractivity contribution in [1.82, 2.24) is 5.32 Å². The number of rotatable bonds is 7. The van der Waals surface area contributed by atoms with Crippen molar-refractivity contribution in [3.8, 4) is 0 Å². The van der Waals surface area contributed by atoms with Gasteiger partial charge in [-0.25, -0.2) is 0 Å². The number of ether oxygens (including phenoxy) is 1. The summed E-state index contributed by atoms with van der Waals surface area (Å²) in [5.41, 5.74) is 2.41. The molecule has 0 fully saturated rings. The van der Waals surface area contributed by atoms with E-state index in [-0.39, 0.29) is 5.97 Å². The zero-order valence-electron chi connectivity index (χ0n) is 13.2. The molecule has 1 unspecified atom stereocenters. The van der Waals surface area contributed by atoms with E-state index < -0.39 is 5.54 Å². The predicted octanol–water partition coefficient (Wildman–Crippen LogP) is 3.20. The first kappa shape index (κ1) is 16.4. The molecule has 1 N–H and O–H groups in total. The molecule has 0 saturated carbocycles. The SMILES string of the molecule is CCOC(=O)C(C)(CCSc1ccc2c(c1)CCC2)NC. The van der Waals surface area contributed by atoms with E-state index >= 15 is 0 Å². The molecule has 1 aromatic carbocycles. The van der Waals surface area contributed by atoms with E-state index in [2.05, 4.69) is 23.5 Å². The first-order chi connectivity index (χ1) is 10.1. The lowest BCUT2D eigenvalue weighted by atomic mass is 10.00. The number of hydrogen-bond donors (Lipinski definition) is 1. The Morgan fingerprint density at radius 3 is 2.86 bits per heavy atom. The minimum absolute atomic E-state index is 0.165. The third kappa shape index (κ3) is 4.01. The number of carbonyl (C=O) groups excluding carboxylic acids is 1. The first-order valence-electron chi connectivity index (χ1n) is 7.70. The molecule has 0 bridgehead atoms. The van der Waals surface area contributed by atoms with Crippen molar-refractivity contribution in [2.24, 2.45) is 0 Å². The fourth-order valence-corrected chi connectivity index (χ4v) is 3.77. The predicted molar refractivity (Wildman–Crippen MR) is 87.9 cm³/mol. The van der Waals surface area contributed by atoms with Gasteiger partial charge >= 0.3 is 5.97 Å². The van der Waals surface area contributed by atoms with Crippen molar-refractivity contribution in [2.45, 2.75) is 50.0 Å². The molecule has 1 aliphatic carbocycles. The van der Waals surface area contributed by atoms with Crippen LogP contribution in [0, 0.1) is 0 Å². The Hall–Kier alpha value is -1.00. The quantitative estimate of drug-likeness (QED) is 0.620. The standard InChI is InChI=1S/C17H25NO2S/c1-4-20-16(19)17(2,18-3)10-11-21-15-9-8-13-6-5-7-14(13)12-15/h8-9,12,18H,4-7,10-11H2,1-3H3. The highest BCUT2D eigenvalue weighted by atomic mass is 32.2. The van der Waals surface area contributed by atoms with Gasteiger partial charge in [-0.1, -0.05) is 6.07 Å². The molecule has 1 atom stereocenters. The van der Waals surface area contributed by atoms with Gasteiger partial charge in [0.25, 0.3) is 0 Å². The van der Waals surface area contributed by atoms with Crippen LogP contribution in [0.1, 0.15) is 37.8 Å². The second-order valence-corrected chi connectivity index (χ2v) is 6.85. The minimum Gasteiger partial charge on any atom is -0.465 e. The third-order valence-corrected chi connectivity index (χ3v) is 5.21. The second-order valence-electron chi connectivity index (χ2n) is 5.69. The lowest BCUT2D eigenvalue weighted by molar-refractivity contribution is -0.150. The van der Waals surface area contributed by atoms with Gasteiger partial charge in [0.05, 0.1) is 6.61 Å². The van der Waals surface area contributed by atoms with E-state index in [1.165, 1.54) is 35.3 Å². The molecule has 4 heteroatoms. The molecule has 1 aliphatic rings. The smallest absolute Gasteiger partial charge is 0.326 e. The summed E-state index contributed by atoms with van der Waals surface area (Å²) < 4.78 is 5.15. The molecule has 0 spiro atoms. The van der Waals surface area contributed by atoms with Crippen molar-refractivity contribution in [1.29, 1.82) is 0 Å². The van der Waals surface area contributed by atoms with Gasteiger partial charge in [-0.3, -0.25) is 4.79 Å². The van der Waals surface area contributed by atoms with Crippen LogP contribution in [-0.4, -0.2) is 30.9 Å². The zero-order chi connectivity index (χ0) is 15.3. The monoisotopic (exact) mass is 307 g/mol. The van der Waals surface area contributed by atoms with Gasteiger partial charge in [-0.05, 0) is 69.8 Å². The van der Waals surface area contributed by atoms with E-state index in [4.69, 9.17) is 4.74 Å². The number of likely N-dealkylation sites (N-methyl/N-ethyl adjacent to an activating group) is 1. The van der Waals surface area contributed by atoms with Crippen molar-refractivity contribution in [2.75, 3.05) is 19.4 Å². The van der Waals surface area contributed by atoms with Gasteiger partial charge < -0.3 is 10.1 Å². The molecule has 2 rings (SSSR count). The number of thioether (sulfide) groups is 1. The van der Waals surface area contributed by atoms with Crippen LogP contribution < -0.4 is 5.32 Å². The highest BCUT2D eigenvalue weighted by Crippen LogP contribution is 2.29. The molecule has 0 aliphatic heterocycles.